The Balaban J connectivity index is 1.32. The van der Waals surface area contributed by atoms with Gasteiger partial charge in [-0.2, -0.15) is 4.98 Å². The van der Waals surface area contributed by atoms with Crippen LogP contribution in [0.25, 0.3) is 0 Å². The maximum atomic E-state index is 12.7. The number of amides is 2. The summed E-state index contributed by atoms with van der Waals surface area (Å²) in [7, 11) is 0. The van der Waals surface area contributed by atoms with Gasteiger partial charge in [0.15, 0.2) is 0 Å². The molecule has 1 atom stereocenters. The van der Waals surface area contributed by atoms with Gasteiger partial charge in [-0.15, -0.1) is 0 Å². The second-order valence-electron chi connectivity index (χ2n) is 8.25. The van der Waals surface area contributed by atoms with E-state index >= 15 is 0 Å². The monoisotopic (exact) mass is 394 g/mol. The van der Waals surface area contributed by atoms with Crippen LogP contribution in [0.3, 0.4) is 0 Å². The molecule has 1 aromatic carbocycles. The van der Waals surface area contributed by atoms with Gasteiger partial charge in [-0.3, -0.25) is 14.2 Å². The van der Waals surface area contributed by atoms with E-state index in [2.05, 4.69) is 10.3 Å². The molecule has 2 fully saturated rings. The molecule has 1 aliphatic carbocycles. The van der Waals surface area contributed by atoms with Crippen molar-refractivity contribution in [3.05, 3.63) is 63.8 Å². The van der Waals surface area contributed by atoms with Crippen molar-refractivity contribution in [2.45, 2.75) is 45.7 Å². The molecule has 2 amide bonds. The second kappa shape index (κ2) is 7.46. The fraction of sp³-hybridized carbons (Fsp3) is 0.455. The number of carbonyl (C=O) groups excluding carboxylic acids is 2. The predicted molar refractivity (Wildman–Crippen MR) is 109 cm³/mol. The molecule has 2 aliphatic rings. The number of likely N-dealkylation sites (tertiary alicyclic amines) is 1. The second-order valence-corrected chi connectivity index (χ2v) is 8.25. The van der Waals surface area contributed by atoms with Gasteiger partial charge >= 0.3 is 5.69 Å². The summed E-state index contributed by atoms with van der Waals surface area (Å²) >= 11 is 0. The lowest BCUT2D eigenvalue weighted by Gasteiger charge is -2.33. The molecule has 0 radical (unpaired) electrons. The van der Waals surface area contributed by atoms with Gasteiger partial charge in [0, 0.05) is 36.1 Å². The van der Waals surface area contributed by atoms with Crippen LogP contribution in [0.1, 0.15) is 41.0 Å². The van der Waals surface area contributed by atoms with Crippen LogP contribution in [0.5, 0.6) is 0 Å². The van der Waals surface area contributed by atoms with Crippen molar-refractivity contribution >= 4 is 11.8 Å². The first-order chi connectivity index (χ1) is 13.9. The molecular weight excluding hydrogens is 368 g/mol. The van der Waals surface area contributed by atoms with Gasteiger partial charge < -0.3 is 10.2 Å². The lowest BCUT2D eigenvalue weighted by atomic mass is 9.92. The number of aryl methyl sites for hydroxylation is 2. The summed E-state index contributed by atoms with van der Waals surface area (Å²) in [4.78, 5) is 42.9. The summed E-state index contributed by atoms with van der Waals surface area (Å²) in [5, 5.41) is 3.14. The summed E-state index contributed by atoms with van der Waals surface area (Å²) in [6, 6.07) is 11.2. The Bertz CT molecular complexity index is 991. The number of hydrogen-bond donors (Lipinski definition) is 1. The van der Waals surface area contributed by atoms with E-state index < -0.39 is 0 Å². The van der Waals surface area contributed by atoms with E-state index in [-0.39, 0.29) is 35.5 Å². The Hall–Kier alpha value is -2.96. The molecule has 7 heteroatoms. The van der Waals surface area contributed by atoms with Crippen molar-refractivity contribution in [3.63, 3.8) is 0 Å². The highest BCUT2D eigenvalue weighted by molar-refractivity contribution is 5.94. The number of nitrogens with one attached hydrogen (secondary N) is 1. The van der Waals surface area contributed by atoms with Crippen molar-refractivity contribution in [2.24, 2.45) is 5.41 Å². The minimum absolute atomic E-state index is 0.0269. The summed E-state index contributed by atoms with van der Waals surface area (Å²) in [6.45, 7) is 4.93. The first-order valence-electron chi connectivity index (χ1n) is 10.1. The summed E-state index contributed by atoms with van der Waals surface area (Å²) in [5.74, 6) is -0.0890. The zero-order valence-electron chi connectivity index (χ0n) is 16.9. The van der Waals surface area contributed by atoms with Gasteiger partial charge in [-0.1, -0.05) is 18.2 Å². The minimum Gasteiger partial charge on any atom is -0.349 e. The molecule has 0 bridgehead atoms. The molecule has 29 heavy (non-hydrogen) atoms. The molecule has 1 spiro atoms. The van der Waals surface area contributed by atoms with Crippen LogP contribution in [0.2, 0.25) is 0 Å². The molecule has 1 aromatic heterocycles. The third kappa shape index (κ3) is 3.95. The third-order valence-corrected chi connectivity index (χ3v) is 6.28. The highest BCUT2D eigenvalue weighted by Crippen LogP contribution is 2.53. The predicted octanol–water partition coefficient (Wildman–Crippen LogP) is 1.67. The fourth-order valence-corrected chi connectivity index (χ4v) is 4.34. The Morgan fingerprint density at radius 3 is 2.52 bits per heavy atom. The molecule has 1 aliphatic heterocycles. The average Bonchev–Trinajstić information content (AvgIpc) is 3.36. The molecule has 152 valence electrons. The molecule has 1 unspecified atom stereocenters. The average molecular weight is 394 g/mol. The van der Waals surface area contributed by atoms with E-state index in [1.54, 1.807) is 6.92 Å². The summed E-state index contributed by atoms with van der Waals surface area (Å²) < 4.78 is 1.43. The molecular formula is C22H26N4O3. The Morgan fingerprint density at radius 1 is 1.17 bits per heavy atom. The number of rotatable bonds is 4. The maximum absolute atomic E-state index is 12.7. The van der Waals surface area contributed by atoms with Gasteiger partial charge in [-0.25, -0.2) is 4.79 Å². The zero-order valence-corrected chi connectivity index (χ0v) is 16.9. The van der Waals surface area contributed by atoms with Crippen molar-refractivity contribution < 1.29 is 9.59 Å². The number of hydrogen-bond acceptors (Lipinski definition) is 4. The molecule has 4 rings (SSSR count). The van der Waals surface area contributed by atoms with Crippen LogP contribution in [0.4, 0.5) is 0 Å². The molecule has 2 aromatic rings. The maximum Gasteiger partial charge on any atom is 0.348 e. The van der Waals surface area contributed by atoms with Crippen molar-refractivity contribution in [2.75, 3.05) is 13.1 Å². The zero-order chi connectivity index (χ0) is 20.6. The SMILES string of the molecule is Cc1cc(C)n(CC(=O)N2CCC3(CC2)CC3NC(=O)c2ccccc2)c(=O)n1. The number of benzene rings is 1. The highest BCUT2D eigenvalue weighted by atomic mass is 16.2. The molecule has 7 nitrogen and oxygen atoms in total. The van der Waals surface area contributed by atoms with E-state index in [1.807, 2.05) is 48.2 Å². The van der Waals surface area contributed by atoms with E-state index in [9.17, 15) is 14.4 Å². The fourth-order valence-electron chi connectivity index (χ4n) is 4.34. The standard InChI is InChI=1S/C22H26N4O3/c1-15-12-16(2)26(21(29)23-15)14-19(27)25-10-8-22(9-11-25)13-18(22)24-20(28)17-6-4-3-5-7-17/h3-7,12,18H,8-11,13-14H2,1-2H3,(H,24,28). The van der Waals surface area contributed by atoms with Gasteiger partial charge in [0.2, 0.25) is 5.91 Å². The molecule has 1 saturated heterocycles. The normalized spacial score (nSPS) is 19.8. The molecule has 2 heterocycles. The number of piperidine rings is 1. The van der Waals surface area contributed by atoms with Crippen molar-refractivity contribution in [1.29, 1.82) is 0 Å². The van der Waals surface area contributed by atoms with Crippen LogP contribution in [0.15, 0.2) is 41.2 Å². The van der Waals surface area contributed by atoms with E-state index in [0.717, 1.165) is 25.0 Å². The largest absolute Gasteiger partial charge is 0.349 e. The Kier molecular flexibility index (Phi) is 4.98. The number of aromatic nitrogens is 2. The van der Waals surface area contributed by atoms with Crippen LogP contribution in [0, 0.1) is 19.3 Å². The topological polar surface area (TPSA) is 84.3 Å². The quantitative estimate of drug-likeness (QED) is 0.855. The van der Waals surface area contributed by atoms with Crippen LogP contribution in [-0.2, 0) is 11.3 Å². The van der Waals surface area contributed by atoms with Crippen molar-refractivity contribution in [3.8, 4) is 0 Å². The first-order valence-corrected chi connectivity index (χ1v) is 10.1. The molecule has 1 saturated carbocycles. The van der Waals surface area contributed by atoms with Gasteiger partial charge in [0.05, 0.1) is 0 Å². The number of carbonyl (C=O) groups is 2. The van der Waals surface area contributed by atoms with Crippen molar-refractivity contribution in [1.82, 2.24) is 19.8 Å². The van der Waals surface area contributed by atoms with Crippen LogP contribution >= 0.6 is 0 Å². The Labute approximate surface area is 169 Å². The summed E-state index contributed by atoms with van der Waals surface area (Å²) in [5.41, 5.74) is 1.81. The van der Waals surface area contributed by atoms with Gasteiger partial charge in [0.1, 0.15) is 6.54 Å². The summed E-state index contributed by atoms with van der Waals surface area (Å²) in [6.07, 6.45) is 2.71. The molecule has 1 N–H and O–H groups in total. The lowest BCUT2D eigenvalue weighted by Crippen LogP contribution is -2.44. The smallest absolute Gasteiger partial charge is 0.348 e. The minimum atomic E-state index is -0.379. The van der Waals surface area contributed by atoms with E-state index in [1.165, 1.54) is 4.57 Å². The highest BCUT2D eigenvalue weighted by Gasteiger charge is 2.55. The van der Waals surface area contributed by atoms with Gasteiger partial charge in [-0.05, 0) is 56.7 Å². The van der Waals surface area contributed by atoms with Crippen LogP contribution in [-0.4, -0.2) is 45.4 Å². The number of nitrogens with zero attached hydrogens (tertiary/aromatic N) is 3. The van der Waals surface area contributed by atoms with E-state index in [4.69, 9.17) is 0 Å². The lowest BCUT2D eigenvalue weighted by molar-refractivity contribution is -0.133. The van der Waals surface area contributed by atoms with E-state index in [0.29, 0.717) is 24.3 Å². The van der Waals surface area contributed by atoms with Gasteiger partial charge in [0.25, 0.3) is 5.91 Å². The Morgan fingerprint density at radius 2 is 1.86 bits per heavy atom. The van der Waals surface area contributed by atoms with Crippen LogP contribution < -0.4 is 11.0 Å². The third-order valence-electron chi connectivity index (χ3n) is 6.28. The first kappa shape index (κ1) is 19.4.